The molecule has 6 nitrogen and oxygen atoms in total. The summed E-state index contributed by atoms with van der Waals surface area (Å²) in [4.78, 5) is 11.6. The standard InChI is InChI=1S/C11H21NO5/c1-6-5-12-9(14)8(16-6)7(13)10(15)17-11(2,3)4/h6-9,12-14H,5H2,1-4H3/t6-,7-,8-,9?/m1/s1. The van der Waals surface area contributed by atoms with E-state index in [1.807, 2.05) is 0 Å². The first-order chi connectivity index (χ1) is 7.70. The summed E-state index contributed by atoms with van der Waals surface area (Å²) < 4.78 is 10.4. The van der Waals surface area contributed by atoms with Crippen molar-refractivity contribution in [1.82, 2.24) is 5.32 Å². The lowest BCUT2D eigenvalue weighted by Gasteiger charge is -2.35. The fourth-order valence-corrected chi connectivity index (χ4v) is 1.54. The molecule has 4 atom stereocenters. The quantitative estimate of drug-likeness (QED) is 0.564. The first kappa shape index (κ1) is 14.4. The summed E-state index contributed by atoms with van der Waals surface area (Å²) in [5.74, 6) is -0.794. The third-order valence-electron chi connectivity index (χ3n) is 2.27. The Bertz CT molecular complexity index is 276. The Morgan fingerprint density at radius 3 is 2.65 bits per heavy atom. The van der Waals surface area contributed by atoms with Gasteiger partial charge in [0.05, 0.1) is 6.10 Å². The van der Waals surface area contributed by atoms with Gasteiger partial charge in [-0.05, 0) is 27.7 Å². The van der Waals surface area contributed by atoms with E-state index in [4.69, 9.17) is 9.47 Å². The number of hydrogen-bond donors (Lipinski definition) is 3. The smallest absolute Gasteiger partial charge is 0.338 e. The third kappa shape index (κ3) is 4.23. The van der Waals surface area contributed by atoms with Gasteiger partial charge in [-0.3, -0.25) is 5.32 Å². The van der Waals surface area contributed by atoms with Crippen LogP contribution >= 0.6 is 0 Å². The normalized spacial score (nSPS) is 32.0. The van der Waals surface area contributed by atoms with Crippen molar-refractivity contribution in [1.29, 1.82) is 0 Å². The number of ether oxygens (including phenoxy) is 2. The van der Waals surface area contributed by atoms with Crippen LogP contribution in [-0.2, 0) is 14.3 Å². The van der Waals surface area contributed by atoms with Crippen molar-refractivity contribution < 1.29 is 24.5 Å². The van der Waals surface area contributed by atoms with Gasteiger partial charge in [-0.1, -0.05) is 0 Å². The van der Waals surface area contributed by atoms with Gasteiger partial charge >= 0.3 is 5.97 Å². The maximum Gasteiger partial charge on any atom is 0.338 e. The van der Waals surface area contributed by atoms with Crippen molar-refractivity contribution in [3.05, 3.63) is 0 Å². The topological polar surface area (TPSA) is 88.0 Å². The summed E-state index contributed by atoms with van der Waals surface area (Å²) in [7, 11) is 0. The highest BCUT2D eigenvalue weighted by molar-refractivity contribution is 5.75. The molecule has 1 heterocycles. The number of carbonyl (C=O) groups excluding carboxylic acids is 1. The van der Waals surface area contributed by atoms with E-state index >= 15 is 0 Å². The van der Waals surface area contributed by atoms with Crippen LogP contribution in [0.4, 0.5) is 0 Å². The fourth-order valence-electron chi connectivity index (χ4n) is 1.54. The molecule has 1 aliphatic rings. The molecule has 1 aliphatic heterocycles. The van der Waals surface area contributed by atoms with Crippen molar-refractivity contribution in [2.24, 2.45) is 0 Å². The van der Waals surface area contributed by atoms with Gasteiger partial charge in [-0.15, -0.1) is 0 Å². The van der Waals surface area contributed by atoms with Crippen molar-refractivity contribution in [3.63, 3.8) is 0 Å². The number of aliphatic hydroxyl groups is 2. The minimum absolute atomic E-state index is 0.180. The number of morpholine rings is 1. The van der Waals surface area contributed by atoms with Crippen molar-refractivity contribution in [3.8, 4) is 0 Å². The molecule has 6 heteroatoms. The number of rotatable bonds is 2. The Labute approximate surface area is 101 Å². The van der Waals surface area contributed by atoms with Crippen LogP contribution in [0, 0.1) is 0 Å². The lowest BCUT2D eigenvalue weighted by molar-refractivity contribution is -0.194. The third-order valence-corrected chi connectivity index (χ3v) is 2.27. The number of nitrogens with one attached hydrogen (secondary N) is 1. The Morgan fingerprint density at radius 2 is 2.12 bits per heavy atom. The second kappa shape index (κ2) is 5.30. The maximum absolute atomic E-state index is 11.6. The number of carbonyl (C=O) groups is 1. The predicted molar refractivity (Wildman–Crippen MR) is 60.2 cm³/mol. The Balaban J connectivity index is 2.61. The molecule has 1 fully saturated rings. The first-order valence-corrected chi connectivity index (χ1v) is 5.68. The van der Waals surface area contributed by atoms with Crippen LogP contribution in [0.1, 0.15) is 27.7 Å². The summed E-state index contributed by atoms with van der Waals surface area (Å²) >= 11 is 0. The molecule has 0 aromatic rings. The number of aliphatic hydroxyl groups excluding tert-OH is 2. The molecule has 0 saturated carbocycles. The molecule has 1 saturated heterocycles. The second-order valence-electron chi connectivity index (χ2n) is 5.24. The van der Waals surface area contributed by atoms with Crippen LogP contribution < -0.4 is 5.32 Å². The summed E-state index contributed by atoms with van der Waals surface area (Å²) in [5, 5.41) is 22.1. The van der Waals surface area contributed by atoms with Gasteiger partial charge < -0.3 is 19.7 Å². The zero-order valence-corrected chi connectivity index (χ0v) is 10.6. The van der Waals surface area contributed by atoms with Crippen LogP contribution in [0.25, 0.3) is 0 Å². The fraction of sp³-hybridized carbons (Fsp3) is 0.909. The zero-order chi connectivity index (χ0) is 13.2. The maximum atomic E-state index is 11.6. The molecule has 0 aliphatic carbocycles. The van der Waals surface area contributed by atoms with E-state index in [0.717, 1.165) is 0 Å². The average Bonchev–Trinajstić information content (AvgIpc) is 2.18. The molecule has 0 amide bonds. The Hall–Kier alpha value is -0.690. The molecule has 100 valence electrons. The van der Waals surface area contributed by atoms with E-state index in [1.54, 1.807) is 27.7 Å². The molecular weight excluding hydrogens is 226 g/mol. The van der Waals surface area contributed by atoms with Crippen LogP contribution in [0.3, 0.4) is 0 Å². The summed E-state index contributed by atoms with van der Waals surface area (Å²) in [6.07, 6.45) is -3.76. The Morgan fingerprint density at radius 1 is 1.53 bits per heavy atom. The molecule has 0 radical (unpaired) electrons. The van der Waals surface area contributed by atoms with Gasteiger partial charge in [0.2, 0.25) is 0 Å². The second-order valence-corrected chi connectivity index (χ2v) is 5.24. The van der Waals surface area contributed by atoms with Crippen molar-refractivity contribution in [2.45, 2.75) is 57.8 Å². The van der Waals surface area contributed by atoms with E-state index in [1.165, 1.54) is 0 Å². The highest BCUT2D eigenvalue weighted by Gasteiger charge is 2.39. The summed E-state index contributed by atoms with van der Waals surface area (Å²) in [6, 6.07) is 0. The lowest BCUT2D eigenvalue weighted by Crippen LogP contribution is -2.58. The van der Waals surface area contributed by atoms with Gasteiger partial charge in [0.25, 0.3) is 0 Å². The van der Waals surface area contributed by atoms with Gasteiger partial charge in [-0.2, -0.15) is 0 Å². The van der Waals surface area contributed by atoms with Crippen LogP contribution in [0.5, 0.6) is 0 Å². The van der Waals surface area contributed by atoms with E-state index in [2.05, 4.69) is 5.32 Å². The molecule has 0 spiro atoms. The first-order valence-electron chi connectivity index (χ1n) is 5.68. The number of esters is 1. The number of hydrogen-bond acceptors (Lipinski definition) is 6. The largest absolute Gasteiger partial charge is 0.458 e. The van der Waals surface area contributed by atoms with Gasteiger partial charge in [-0.25, -0.2) is 4.79 Å². The minimum Gasteiger partial charge on any atom is -0.458 e. The van der Waals surface area contributed by atoms with E-state index in [-0.39, 0.29) is 6.10 Å². The monoisotopic (exact) mass is 247 g/mol. The molecule has 3 N–H and O–H groups in total. The molecule has 0 bridgehead atoms. The highest BCUT2D eigenvalue weighted by atomic mass is 16.6. The van der Waals surface area contributed by atoms with E-state index in [9.17, 15) is 15.0 Å². The molecule has 1 unspecified atom stereocenters. The van der Waals surface area contributed by atoms with Gasteiger partial charge in [0.1, 0.15) is 17.9 Å². The van der Waals surface area contributed by atoms with Crippen molar-refractivity contribution in [2.75, 3.05) is 6.54 Å². The van der Waals surface area contributed by atoms with E-state index < -0.39 is 30.0 Å². The average molecular weight is 247 g/mol. The minimum atomic E-state index is -1.50. The van der Waals surface area contributed by atoms with Gasteiger partial charge in [0, 0.05) is 6.54 Å². The van der Waals surface area contributed by atoms with Crippen LogP contribution in [0.15, 0.2) is 0 Å². The lowest BCUT2D eigenvalue weighted by atomic mass is 10.1. The molecular formula is C11H21NO5. The zero-order valence-electron chi connectivity index (χ0n) is 10.6. The van der Waals surface area contributed by atoms with Crippen LogP contribution in [-0.4, -0.2) is 52.9 Å². The molecule has 1 rings (SSSR count). The predicted octanol–water partition coefficient (Wildman–Crippen LogP) is -0.616. The summed E-state index contributed by atoms with van der Waals surface area (Å²) in [6.45, 7) is 7.37. The van der Waals surface area contributed by atoms with E-state index in [0.29, 0.717) is 6.54 Å². The molecule has 17 heavy (non-hydrogen) atoms. The highest BCUT2D eigenvalue weighted by Crippen LogP contribution is 2.16. The van der Waals surface area contributed by atoms with Crippen LogP contribution in [0.2, 0.25) is 0 Å². The SMILES string of the molecule is C[C@@H]1CNC(O)[C@@H]([C@@H](O)C(=O)OC(C)(C)C)O1. The molecule has 0 aromatic heterocycles. The Kier molecular flexibility index (Phi) is 4.48. The summed E-state index contributed by atoms with van der Waals surface area (Å²) in [5.41, 5.74) is -0.684. The molecule has 0 aromatic carbocycles. The van der Waals surface area contributed by atoms with Gasteiger partial charge in [0.15, 0.2) is 6.10 Å². The van der Waals surface area contributed by atoms with Crippen molar-refractivity contribution >= 4 is 5.97 Å².